The normalized spacial score (nSPS) is 11.3. The first kappa shape index (κ1) is 15.6. The lowest BCUT2D eigenvalue weighted by Gasteiger charge is -2.10. The molecule has 4 heteroatoms. The second-order valence-corrected chi connectivity index (χ2v) is 5.42. The van der Waals surface area contributed by atoms with E-state index in [0.29, 0.717) is 24.0 Å². The number of nitriles is 1. The maximum absolute atomic E-state index is 8.76. The van der Waals surface area contributed by atoms with E-state index in [9.17, 15) is 0 Å². The van der Waals surface area contributed by atoms with E-state index in [2.05, 4.69) is 42.4 Å². The zero-order valence-corrected chi connectivity index (χ0v) is 12.9. The fraction of sp³-hybridized carbons (Fsp3) is 0.222. The van der Waals surface area contributed by atoms with Crippen molar-refractivity contribution in [3.63, 3.8) is 0 Å². The summed E-state index contributed by atoms with van der Waals surface area (Å²) in [5.74, 6) is 0.851. The molecular weight excluding hydrogens is 272 g/mol. The SMILES string of the molecule is CC(C)c1cccc(NC(N)=NCc2ccc(C#N)cc2)c1. The van der Waals surface area contributed by atoms with E-state index >= 15 is 0 Å². The molecule has 4 nitrogen and oxygen atoms in total. The zero-order chi connectivity index (χ0) is 15.9. The molecule has 0 spiro atoms. The van der Waals surface area contributed by atoms with Gasteiger partial charge in [0.25, 0.3) is 0 Å². The number of benzene rings is 2. The molecule has 3 N–H and O–H groups in total. The van der Waals surface area contributed by atoms with Gasteiger partial charge < -0.3 is 11.1 Å². The highest BCUT2D eigenvalue weighted by Crippen LogP contribution is 2.18. The summed E-state index contributed by atoms with van der Waals surface area (Å²) >= 11 is 0. The van der Waals surface area contributed by atoms with Crippen molar-refractivity contribution in [3.05, 3.63) is 65.2 Å². The molecule has 0 saturated carbocycles. The third kappa shape index (κ3) is 4.35. The van der Waals surface area contributed by atoms with Crippen LogP contribution in [0.4, 0.5) is 5.69 Å². The van der Waals surface area contributed by atoms with Crippen molar-refractivity contribution < 1.29 is 0 Å². The average molecular weight is 292 g/mol. The quantitative estimate of drug-likeness (QED) is 0.667. The van der Waals surface area contributed by atoms with Gasteiger partial charge in [0.15, 0.2) is 5.96 Å². The van der Waals surface area contributed by atoms with Gasteiger partial charge in [-0.2, -0.15) is 5.26 Å². The van der Waals surface area contributed by atoms with Crippen LogP contribution in [0.15, 0.2) is 53.5 Å². The van der Waals surface area contributed by atoms with E-state index in [1.54, 1.807) is 12.1 Å². The Bertz CT molecular complexity index is 694. The predicted octanol–water partition coefficient (Wildman–Crippen LogP) is 3.61. The summed E-state index contributed by atoms with van der Waals surface area (Å²) in [4.78, 5) is 4.32. The Morgan fingerprint density at radius 2 is 1.95 bits per heavy atom. The summed E-state index contributed by atoms with van der Waals surface area (Å²) in [7, 11) is 0. The van der Waals surface area contributed by atoms with Gasteiger partial charge in [-0.15, -0.1) is 0 Å². The third-order valence-corrected chi connectivity index (χ3v) is 3.34. The molecule has 0 unspecified atom stereocenters. The summed E-state index contributed by atoms with van der Waals surface area (Å²) in [5.41, 5.74) is 9.77. The van der Waals surface area contributed by atoms with Gasteiger partial charge in [-0.3, -0.25) is 0 Å². The fourth-order valence-electron chi connectivity index (χ4n) is 2.02. The zero-order valence-electron chi connectivity index (χ0n) is 12.9. The summed E-state index contributed by atoms with van der Waals surface area (Å²) in [6.45, 7) is 4.79. The molecule has 2 aromatic rings. The van der Waals surface area contributed by atoms with Gasteiger partial charge in [0.2, 0.25) is 0 Å². The van der Waals surface area contributed by atoms with Gasteiger partial charge in [0, 0.05) is 5.69 Å². The summed E-state index contributed by atoms with van der Waals surface area (Å²) in [5, 5.41) is 11.9. The molecule has 0 amide bonds. The average Bonchev–Trinajstić information content (AvgIpc) is 2.53. The molecule has 0 heterocycles. The van der Waals surface area contributed by atoms with Crippen LogP contribution >= 0.6 is 0 Å². The van der Waals surface area contributed by atoms with E-state index in [-0.39, 0.29) is 0 Å². The van der Waals surface area contributed by atoms with Gasteiger partial charge in [-0.25, -0.2) is 4.99 Å². The number of anilines is 1. The van der Waals surface area contributed by atoms with Crippen LogP contribution in [0.2, 0.25) is 0 Å². The molecule has 0 aliphatic rings. The highest BCUT2D eigenvalue weighted by molar-refractivity contribution is 5.92. The number of hydrogen-bond acceptors (Lipinski definition) is 2. The Kier molecular flexibility index (Phi) is 5.16. The highest BCUT2D eigenvalue weighted by atomic mass is 15.1. The standard InChI is InChI=1S/C18H20N4/c1-13(2)16-4-3-5-17(10-16)22-18(20)21-12-15-8-6-14(11-19)7-9-15/h3-10,13H,12H2,1-2H3,(H3,20,21,22). The molecular formula is C18H20N4. The second kappa shape index (κ2) is 7.28. The number of nitrogens with two attached hydrogens (primary N) is 1. The minimum atomic E-state index is 0.380. The molecule has 112 valence electrons. The van der Waals surface area contributed by atoms with Crippen LogP contribution in [-0.2, 0) is 6.54 Å². The van der Waals surface area contributed by atoms with Gasteiger partial charge >= 0.3 is 0 Å². The molecule has 0 atom stereocenters. The minimum Gasteiger partial charge on any atom is -0.370 e. The van der Waals surface area contributed by atoms with Crippen molar-refractivity contribution in [2.45, 2.75) is 26.3 Å². The maximum atomic E-state index is 8.76. The van der Waals surface area contributed by atoms with Crippen molar-refractivity contribution in [2.24, 2.45) is 10.7 Å². The first-order valence-corrected chi connectivity index (χ1v) is 7.24. The lowest BCUT2D eigenvalue weighted by Crippen LogP contribution is -2.22. The maximum Gasteiger partial charge on any atom is 0.193 e. The Morgan fingerprint density at radius 3 is 2.59 bits per heavy atom. The molecule has 0 aliphatic heterocycles. The van der Waals surface area contributed by atoms with E-state index in [0.717, 1.165) is 11.3 Å². The number of nitrogens with one attached hydrogen (secondary N) is 1. The Balaban J connectivity index is 2.00. The first-order valence-electron chi connectivity index (χ1n) is 7.24. The molecule has 0 fully saturated rings. The van der Waals surface area contributed by atoms with Crippen molar-refractivity contribution in [3.8, 4) is 6.07 Å². The van der Waals surface area contributed by atoms with Crippen molar-refractivity contribution in [1.29, 1.82) is 5.26 Å². The van der Waals surface area contributed by atoms with Crippen LogP contribution < -0.4 is 11.1 Å². The summed E-state index contributed by atoms with van der Waals surface area (Å²) < 4.78 is 0. The Hall–Kier alpha value is -2.80. The molecule has 2 aromatic carbocycles. The van der Waals surface area contributed by atoms with Crippen LogP contribution in [0.5, 0.6) is 0 Å². The number of rotatable bonds is 4. The number of nitrogens with zero attached hydrogens (tertiary/aromatic N) is 2. The third-order valence-electron chi connectivity index (χ3n) is 3.34. The van der Waals surface area contributed by atoms with E-state index in [1.807, 2.05) is 24.3 Å². The fourth-order valence-corrected chi connectivity index (χ4v) is 2.02. The van der Waals surface area contributed by atoms with Crippen LogP contribution in [0.25, 0.3) is 0 Å². The Morgan fingerprint density at radius 1 is 1.23 bits per heavy atom. The van der Waals surface area contributed by atoms with Gasteiger partial charge in [0.05, 0.1) is 18.2 Å². The topological polar surface area (TPSA) is 74.2 Å². The molecule has 0 aromatic heterocycles. The lowest BCUT2D eigenvalue weighted by molar-refractivity contribution is 0.867. The van der Waals surface area contributed by atoms with Crippen LogP contribution in [0, 0.1) is 11.3 Å². The van der Waals surface area contributed by atoms with Crippen molar-refractivity contribution in [2.75, 3.05) is 5.32 Å². The van der Waals surface area contributed by atoms with Gasteiger partial charge in [-0.05, 0) is 41.3 Å². The van der Waals surface area contributed by atoms with Gasteiger partial charge in [-0.1, -0.05) is 38.1 Å². The van der Waals surface area contributed by atoms with Crippen LogP contribution in [0.3, 0.4) is 0 Å². The Labute approximate surface area is 131 Å². The summed E-state index contributed by atoms with van der Waals surface area (Å²) in [6, 6.07) is 17.6. The van der Waals surface area contributed by atoms with Crippen molar-refractivity contribution >= 4 is 11.6 Å². The number of aliphatic imine (C=N–C) groups is 1. The second-order valence-electron chi connectivity index (χ2n) is 5.42. The largest absolute Gasteiger partial charge is 0.370 e. The van der Waals surface area contributed by atoms with Crippen LogP contribution in [0.1, 0.15) is 36.5 Å². The molecule has 0 bridgehead atoms. The minimum absolute atomic E-state index is 0.380. The first-order chi connectivity index (χ1) is 10.6. The highest BCUT2D eigenvalue weighted by Gasteiger charge is 2.01. The molecule has 0 saturated heterocycles. The molecule has 22 heavy (non-hydrogen) atoms. The predicted molar refractivity (Wildman–Crippen MR) is 90.6 cm³/mol. The monoisotopic (exact) mass is 292 g/mol. The molecule has 0 radical (unpaired) electrons. The van der Waals surface area contributed by atoms with Crippen LogP contribution in [-0.4, -0.2) is 5.96 Å². The smallest absolute Gasteiger partial charge is 0.193 e. The number of hydrogen-bond donors (Lipinski definition) is 2. The number of guanidine groups is 1. The van der Waals surface area contributed by atoms with E-state index < -0.39 is 0 Å². The lowest BCUT2D eigenvalue weighted by atomic mass is 10.0. The van der Waals surface area contributed by atoms with E-state index in [1.165, 1.54) is 5.56 Å². The molecule has 0 aliphatic carbocycles. The van der Waals surface area contributed by atoms with E-state index in [4.69, 9.17) is 11.0 Å². The van der Waals surface area contributed by atoms with Crippen molar-refractivity contribution in [1.82, 2.24) is 0 Å². The summed E-state index contributed by atoms with van der Waals surface area (Å²) in [6.07, 6.45) is 0. The van der Waals surface area contributed by atoms with Gasteiger partial charge in [0.1, 0.15) is 0 Å². The molecule has 2 rings (SSSR count).